The molecule has 1 aromatic rings. The molecule has 0 atom stereocenters. The molecular formula is C13H16N2O2S. The molecule has 0 fully saturated rings. The minimum absolute atomic E-state index is 0.129. The molecule has 2 rings (SSSR count). The quantitative estimate of drug-likeness (QED) is 0.622. The summed E-state index contributed by atoms with van der Waals surface area (Å²) in [4.78, 5) is 19.5. The topological polar surface area (TPSA) is 41.9 Å². The van der Waals surface area contributed by atoms with Crippen LogP contribution in [0.1, 0.15) is 19.4 Å². The number of fused-ring (bicyclic) bond motifs is 1. The largest absolute Gasteiger partial charge is 0.396 e. The van der Waals surface area contributed by atoms with E-state index in [1.807, 2.05) is 32.0 Å². The molecule has 0 spiro atoms. The number of hydrogen-bond acceptors (Lipinski definition) is 4. The molecule has 1 aliphatic heterocycles. The van der Waals surface area contributed by atoms with Crippen molar-refractivity contribution in [1.29, 1.82) is 0 Å². The molecule has 1 heterocycles. The maximum Gasteiger partial charge on any atom is 0.237 e. The number of benzene rings is 1. The molecule has 0 unspecified atom stereocenters. The van der Waals surface area contributed by atoms with Gasteiger partial charge in [-0.1, -0.05) is 11.2 Å². The Labute approximate surface area is 111 Å². The summed E-state index contributed by atoms with van der Waals surface area (Å²) in [6.07, 6.45) is 0. The molecular weight excluding hydrogens is 248 g/mol. The lowest BCUT2D eigenvalue weighted by molar-refractivity contribution is -0.116. The maximum atomic E-state index is 11.7. The fourth-order valence-corrected chi connectivity index (χ4v) is 2.69. The van der Waals surface area contributed by atoms with Crippen molar-refractivity contribution < 1.29 is 9.63 Å². The molecule has 0 saturated carbocycles. The van der Waals surface area contributed by atoms with E-state index in [4.69, 9.17) is 4.84 Å². The van der Waals surface area contributed by atoms with Crippen LogP contribution in [-0.4, -0.2) is 31.0 Å². The summed E-state index contributed by atoms with van der Waals surface area (Å²) < 4.78 is 0. The molecule has 0 bridgehead atoms. The van der Waals surface area contributed by atoms with E-state index in [-0.39, 0.29) is 5.91 Å². The summed E-state index contributed by atoms with van der Waals surface area (Å²) in [5, 5.41) is 4.01. The number of hydrogen-bond donors (Lipinski definition) is 0. The predicted molar refractivity (Wildman–Crippen MR) is 74.4 cm³/mol. The summed E-state index contributed by atoms with van der Waals surface area (Å²) in [6, 6.07) is 6.02. The van der Waals surface area contributed by atoms with Gasteiger partial charge in [0, 0.05) is 17.5 Å². The molecule has 0 aromatic heterocycles. The molecule has 1 amide bonds. The summed E-state index contributed by atoms with van der Waals surface area (Å²) in [5.41, 5.74) is 2.74. The second-order valence-electron chi connectivity index (χ2n) is 4.02. The lowest BCUT2D eigenvalue weighted by Gasteiger charge is -2.25. The average Bonchev–Trinajstić information content (AvgIpc) is 2.40. The number of anilines is 1. The van der Waals surface area contributed by atoms with E-state index in [0.717, 1.165) is 21.9 Å². The van der Waals surface area contributed by atoms with Crippen LogP contribution in [0.5, 0.6) is 0 Å². The zero-order chi connectivity index (χ0) is 13.1. The third-order valence-electron chi connectivity index (χ3n) is 2.79. The van der Waals surface area contributed by atoms with Gasteiger partial charge in [-0.2, -0.15) is 0 Å². The third-order valence-corrected chi connectivity index (χ3v) is 3.84. The summed E-state index contributed by atoms with van der Waals surface area (Å²) in [5.74, 6) is 0.638. The van der Waals surface area contributed by atoms with Gasteiger partial charge in [0.15, 0.2) is 0 Å². The van der Waals surface area contributed by atoms with Gasteiger partial charge in [-0.05, 0) is 26.0 Å². The van der Waals surface area contributed by atoms with E-state index in [9.17, 15) is 4.79 Å². The molecule has 0 aliphatic carbocycles. The molecule has 1 aliphatic rings. The first-order valence-electron chi connectivity index (χ1n) is 5.83. The smallest absolute Gasteiger partial charge is 0.237 e. The van der Waals surface area contributed by atoms with Gasteiger partial charge in [-0.15, -0.1) is 11.8 Å². The summed E-state index contributed by atoms with van der Waals surface area (Å²) in [7, 11) is 1.81. The monoisotopic (exact) mass is 264 g/mol. The molecule has 0 saturated heterocycles. The minimum Gasteiger partial charge on any atom is -0.396 e. The molecule has 0 N–H and O–H groups in total. The number of rotatable bonds is 3. The van der Waals surface area contributed by atoms with Crippen molar-refractivity contribution in [3.05, 3.63) is 23.8 Å². The first kappa shape index (κ1) is 13.0. The number of oxime groups is 1. The van der Waals surface area contributed by atoms with E-state index in [0.29, 0.717) is 12.4 Å². The number of thioether (sulfide) groups is 1. The zero-order valence-electron chi connectivity index (χ0n) is 10.8. The van der Waals surface area contributed by atoms with E-state index < -0.39 is 0 Å². The van der Waals surface area contributed by atoms with Crippen LogP contribution in [0.15, 0.2) is 28.3 Å². The fourth-order valence-electron chi connectivity index (χ4n) is 1.71. The highest BCUT2D eigenvalue weighted by atomic mass is 32.2. The van der Waals surface area contributed by atoms with Gasteiger partial charge < -0.3 is 9.74 Å². The third kappa shape index (κ3) is 2.51. The standard InChI is InChI=1S/C13H16N2O2S/c1-4-17-14-9(2)10-5-6-12-11(7-10)15(3)13(16)8-18-12/h5-7H,4,8H2,1-3H3/b14-9+. The minimum atomic E-state index is 0.129. The van der Waals surface area contributed by atoms with Crippen molar-refractivity contribution in [3.63, 3.8) is 0 Å². The van der Waals surface area contributed by atoms with Crippen molar-refractivity contribution in [2.24, 2.45) is 5.16 Å². The van der Waals surface area contributed by atoms with Crippen LogP contribution in [0, 0.1) is 0 Å². The van der Waals surface area contributed by atoms with Crippen molar-refractivity contribution >= 4 is 29.1 Å². The van der Waals surface area contributed by atoms with Crippen LogP contribution < -0.4 is 4.90 Å². The van der Waals surface area contributed by atoms with Crippen LogP contribution in [0.25, 0.3) is 0 Å². The Hall–Kier alpha value is -1.49. The SMILES string of the molecule is CCO/N=C(\C)c1ccc2c(c1)N(C)C(=O)CS2. The second-order valence-corrected chi connectivity index (χ2v) is 5.04. The Kier molecular flexibility index (Phi) is 3.91. The zero-order valence-corrected chi connectivity index (χ0v) is 11.6. The normalized spacial score (nSPS) is 15.6. The number of carbonyl (C=O) groups is 1. The molecule has 18 heavy (non-hydrogen) atoms. The summed E-state index contributed by atoms with van der Waals surface area (Å²) >= 11 is 1.58. The summed E-state index contributed by atoms with van der Waals surface area (Å²) in [6.45, 7) is 4.35. The first-order chi connectivity index (χ1) is 8.63. The van der Waals surface area contributed by atoms with Crippen LogP contribution in [0.2, 0.25) is 0 Å². The van der Waals surface area contributed by atoms with Crippen molar-refractivity contribution in [2.45, 2.75) is 18.7 Å². The fraction of sp³-hybridized carbons (Fsp3) is 0.385. The van der Waals surface area contributed by atoms with Gasteiger partial charge in [-0.3, -0.25) is 4.79 Å². The number of carbonyl (C=O) groups excluding carboxylic acids is 1. The first-order valence-corrected chi connectivity index (χ1v) is 6.82. The highest BCUT2D eigenvalue weighted by molar-refractivity contribution is 8.00. The molecule has 1 aromatic carbocycles. The highest BCUT2D eigenvalue weighted by Crippen LogP contribution is 2.35. The van der Waals surface area contributed by atoms with E-state index >= 15 is 0 Å². The Balaban J connectivity index is 2.34. The van der Waals surface area contributed by atoms with Gasteiger partial charge in [0.25, 0.3) is 0 Å². The van der Waals surface area contributed by atoms with Crippen molar-refractivity contribution in [3.8, 4) is 0 Å². The molecule has 0 radical (unpaired) electrons. The van der Waals surface area contributed by atoms with Crippen LogP contribution >= 0.6 is 11.8 Å². The highest BCUT2D eigenvalue weighted by Gasteiger charge is 2.21. The second kappa shape index (κ2) is 5.44. The van der Waals surface area contributed by atoms with Crippen molar-refractivity contribution in [2.75, 3.05) is 24.3 Å². The van der Waals surface area contributed by atoms with Gasteiger partial charge in [0.1, 0.15) is 6.61 Å². The van der Waals surface area contributed by atoms with Gasteiger partial charge in [0.05, 0.1) is 17.2 Å². The van der Waals surface area contributed by atoms with Crippen molar-refractivity contribution in [1.82, 2.24) is 0 Å². The van der Waals surface area contributed by atoms with Gasteiger partial charge in [-0.25, -0.2) is 0 Å². The lowest BCUT2D eigenvalue weighted by atomic mass is 10.1. The predicted octanol–water partition coefficient (Wildman–Crippen LogP) is 2.52. The molecule has 5 heteroatoms. The Morgan fingerprint density at radius 3 is 3.06 bits per heavy atom. The number of amides is 1. The molecule has 4 nitrogen and oxygen atoms in total. The van der Waals surface area contributed by atoms with Crippen LogP contribution in [0.4, 0.5) is 5.69 Å². The van der Waals surface area contributed by atoms with E-state index in [1.54, 1.807) is 23.7 Å². The van der Waals surface area contributed by atoms with Crippen LogP contribution in [-0.2, 0) is 9.63 Å². The number of nitrogens with zero attached hydrogens (tertiary/aromatic N) is 2. The lowest BCUT2D eigenvalue weighted by Crippen LogP contribution is -2.31. The Morgan fingerprint density at radius 2 is 2.33 bits per heavy atom. The maximum absolute atomic E-state index is 11.7. The Morgan fingerprint density at radius 1 is 1.56 bits per heavy atom. The van der Waals surface area contributed by atoms with Crippen LogP contribution in [0.3, 0.4) is 0 Å². The average molecular weight is 264 g/mol. The van der Waals surface area contributed by atoms with Gasteiger partial charge in [0.2, 0.25) is 5.91 Å². The van der Waals surface area contributed by atoms with E-state index in [1.165, 1.54) is 0 Å². The Bertz CT molecular complexity index is 500. The van der Waals surface area contributed by atoms with E-state index in [2.05, 4.69) is 5.16 Å². The van der Waals surface area contributed by atoms with Gasteiger partial charge >= 0.3 is 0 Å². The molecule has 96 valence electrons.